The molecule has 5 heteroatoms. The van der Waals surface area contributed by atoms with Crippen LogP contribution in [-0.2, 0) is 4.74 Å². The molecule has 0 spiro atoms. The minimum atomic E-state index is -0.243. The van der Waals surface area contributed by atoms with Gasteiger partial charge in [-0.1, -0.05) is 23.7 Å². The predicted molar refractivity (Wildman–Crippen MR) is 82.4 cm³/mol. The fraction of sp³-hybridized carbons (Fsp3) is 0.250. The van der Waals surface area contributed by atoms with Gasteiger partial charge < -0.3 is 10.1 Å². The van der Waals surface area contributed by atoms with E-state index in [1.54, 1.807) is 43.8 Å². The summed E-state index contributed by atoms with van der Waals surface area (Å²) in [5.74, 6) is -0.152. The number of halogens is 1. The second-order valence-electron chi connectivity index (χ2n) is 4.71. The molecule has 4 nitrogen and oxygen atoms in total. The maximum atomic E-state index is 12.1. The van der Waals surface area contributed by atoms with Crippen LogP contribution in [0.15, 0.2) is 48.8 Å². The monoisotopic (exact) mass is 304 g/mol. The summed E-state index contributed by atoms with van der Waals surface area (Å²) < 4.78 is 5.50. The highest BCUT2D eigenvalue weighted by molar-refractivity contribution is 6.30. The lowest BCUT2D eigenvalue weighted by atomic mass is 10.0. The highest BCUT2D eigenvalue weighted by atomic mass is 35.5. The van der Waals surface area contributed by atoms with E-state index in [4.69, 9.17) is 16.3 Å². The van der Waals surface area contributed by atoms with Crippen LogP contribution in [0.1, 0.15) is 28.9 Å². The summed E-state index contributed by atoms with van der Waals surface area (Å²) in [7, 11) is 1.62. The number of amides is 1. The summed E-state index contributed by atoms with van der Waals surface area (Å²) in [5.41, 5.74) is 1.53. The second kappa shape index (κ2) is 7.20. The minimum absolute atomic E-state index is 0.152. The Morgan fingerprint density at radius 3 is 2.38 bits per heavy atom. The zero-order valence-corrected chi connectivity index (χ0v) is 12.7. The maximum Gasteiger partial charge on any atom is 0.251 e. The van der Waals surface area contributed by atoms with Crippen molar-refractivity contribution < 1.29 is 9.53 Å². The third-order valence-corrected chi connectivity index (χ3v) is 3.46. The highest BCUT2D eigenvalue weighted by Gasteiger charge is 2.21. The zero-order valence-electron chi connectivity index (χ0n) is 11.9. The number of nitrogens with one attached hydrogen (secondary N) is 1. The molecule has 0 aliphatic rings. The molecule has 2 rings (SSSR count). The molecule has 1 N–H and O–H groups in total. The minimum Gasteiger partial charge on any atom is -0.375 e. The predicted octanol–water partition coefficient (Wildman–Crippen LogP) is 3.24. The van der Waals surface area contributed by atoms with E-state index in [1.165, 1.54) is 0 Å². The first kappa shape index (κ1) is 15.5. The van der Waals surface area contributed by atoms with Crippen LogP contribution in [0.5, 0.6) is 0 Å². The lowest BCUT2D eigenvalue weighted by Crippen LogP contribution is -2.37. The molecule has 0 aliphatic carbocycles. The molecule has 110 valence electrons. The Hall–Kier alpha value is -1.91. The van der Waals surface area contributed by atoms with E-state index < -0.39 is 0 Å². The molecular formula is C16H17ClN2O2. The van der Waals surface area contributed by atoms with Gasteiger partial charge in [0.25, 0.3) is 5.91 Å². The van der Waals surface area contributed by atoms with Crippen LogP contribution >= 0.6 is 11.6 Å². The Kier molecular flexibility index (Phi) is 5.31. The van der Waals surface area contributed by atoms with Gasteiger partial charge in [-0.15, -0.1) is 0 Å². The summed E-state index contributed by atoms with van der Waals surface area (Å²) in [6.45, 7) is 1.90. The van der Waals surface area contributed by atoms with Gasteiger partial charge in [0.2, 0.25) is 0 Å². The molecule has 1 aromatic carbocycles. The Morgan fingerprint density at radius 2 is 1.81 bits per heavy atom. The third-order valence-electron chi connectivity index (χ3n) is 3.21. The molecule has 1 heterocycles. The molecule has 2 aromatic rings. The molecule has 0 aliphatic heterocycles. The number of methoxy groups -OCH3 is 1. The summed E-state index contributed by atoms with van der Waals surface area (Å²) in [6, 6.07) is 10.6. The van der Waals surface area contributed by atoms with E-state index in [1.807, 2.05) is 19.1 Å². The van der Waals surface area contributed by atoms with Crippen LogP contribution in [-0.4, -0.2) is 24.0 Å². The van der Waals surface area contributed by atoms with Crippen molar-refractivity contribution in [2.24, 2.45) is 0 Å². The number of carbonyl (C=O) groups is 1. The van der Waals surface area contributed by atoms with Crippen LogP contribution in [0, 0.1) is 0 Å². The summed E-state index contributed by atoms with van der Waals surface area (Å²) in [6.07, 6.45) is 2.94. The standard InChI is InChI=1S/C16H17ClN2O2/c1-11(19-16(20)13-7-9-18-10-8-13)15(21-2)12-3-5-14(17)6-4-12/h3-11,15H,1-2H3,(H,19,20)/t11-,15+/m1/s1. The Morgan fingerprint density at radius 1 is 1.19 bits per heavy atom. The van der Waals surface area contributed by atoms with Gasteiger partial charge in [-0.2, -0.15) is 0 Å². The van der Waals surface area contributed by atoms with Crippen molar-refractivity contribution in [2.45, 2.75) is 19.1 Å². The number of hydrogen-bond donors (Lipinski definition) is 1. The number of pyridine rings is 1. The average Bonchev–Trinajstić information content (AvgIpc) is 2.50. The van der Waals surface area contributed by atoms with Gasteiger partial charge in [-0.3, -0.25) is 9.78 Å². The van der Waals surface area contributed by atoms with E-state index in [0.29, 0.717) is 10.6 Å². The van der Waals surface area contributed by atoms with Gasteiger partial charge in [0.15, 0.2) is 0 Å². The van der Waals surface area contributed by atoms with Crippen molar-refractivity contribution in [3.63, 3.8) is 0 Å². The lowest BCUT2D eigenvalue weighted by Gasteiger charge is -2.24. The molecular weight excluding hydrogens is 288 g/mol. The van der Waals surface area contributed by atoms with Gasteiger partial charge in [-0.25, -0.2) is 0 Å². The first-order valence-corrected chi connectivity index (χ1v) is 6.98. The topological polar surface area (TPSA) is 51.2 Å². The Balaban J connectivity index is 2.08. The van der Waals surface area contributed by atoms with Crippen LogP contribution in [0.25, 0.3) is 0 Å². The zero-order chi connectivity index (χ0) is 15.2. The quantitative estimate of drug-likeness (QED) is 0.922. The first-order valence-electron chi connectivity index (χ1n) is 6.61. The number of aromatic nitrogens is 1. The van der Waals surface area contributed by atoms with Crippen LogP contribution in [0.4, 0.5) is 0 Å². The number of hydrogen-bond acceptors (Lipinski definition) is 3. The largest absolute Gasteiger partial charge is 0.375 e. The molecule has 0 unspecified atom stereocenters. The number of rotatable bonds is 5. The molecule has 0 saturated carbocycles. The van der Waals surface area contributed by atoms with Crippen LogP contribution in [0.3, 0.4) is 0 Å². The molecule has 1 amide bonds. The van der Waals surface area contributed by atoms with Gasteiger partial charge >= 0.3 is 0 Å². The van der Waals surface area contributed by atoms with E-state index in [2.05, 4.69) is 10.3 Å². The van der Waals surface area contributed by atoms with Crippen molar-refractivity contribution in [1.29, 1.82) is 0 Å². The number of nitrogens with zero attached hydrogens (tertiary/aromatic N) is 1. The molecule has 1 aromatic heterocycles. The maximum absolute atomic E-state index is 12.1. The first-order chi connectivity index (χ1) is 10.1. The second-order valence-corrected chi connectivity index (χ2v) is 5.14. The smallest absolute Gasteiger partial charge is 0.251 e. The Bertz CT molecular complexity index is 587. The van der Waals surface area contributed by atoms with E-state index in [-0.39, 0.29) is 18.1 Å². The summed E-state index contributed by atoms with van der Waals surface area (Å²) in [4.78, 5) is 16.0. The fourth-order valence-corrected chi connectivity index (χ4v) is 2.28. The summed E-state index contributed by atoms with van der Waals surface area (Å²) in [5, 5.41) is 3.60. The molecule has 0 radical (unpaired) electrons. The van der Waals surface area contributed by atoms with Crippen LogP contribution in [0.2, 0.25) is 5.02 Å². The normalized spacial score (nSPS) is 13.5. The Labute approximate surface area is 129 Å². The van der Waals surface area contributed by atoms with Gasteiger partial charge in [0.05, 0.1) is 6.04 Å². The van der Waals surface area contributed by atoms with Crippen molar-refractivity contribution in [3.05, 3.63) is 64.9 Å². The van der Waals surface area contributed by atoms with E-state index >= 15 is 0 Å². The van der Waals surface area contributed by atoms with Crippen molar-refractivity contribution in [1.82, 2.24) is 10.3 Å². The highest BCUT2D eigenvalue weighted by Crippen LogP contribution is 2.22. The lowest BCUT2D eigenvalue weighted by molar-refractivity contribution is 0.0645. The van der Waals surface area contributed by atoms with Gasteiger partial charge in [-0.05, 0) is 36.8 Å². The van der Waals surface area contributed by atoms with Crippen LogP contribution < -0.4 is 5.32 Å². The summed E-state index contributed by atoms with van der Waals surface area (Å²) >= 11 is 5.89. The molecule has 0 fully saturated rings. The third kappa shape index (κ3) is 4.03. The average molecular weight is 305 g/mol. The van der Waals surface area contributed by atoms with Crippen molar-refractivity contribution in [2.75, 3.05) is 7.11 Å². The van der Waals surface area contributed by atoms with E-state index in [0.717, 1.165) is 5.56 Å². The molecule has 21 heavy (non-hydrogen) atoms. The van der Waals surface area contributed by atoms with E-state index in [9.17, 15) is 4.79 Å². The number of carbonyl (C=O) groups excluding carboxylic acids is 1. The number of ether oxygens (including phenoxy) is 1. The van der Waals surface area contributed by atoms with Gasteiger partial charge in [0.1, 0.15) is 6.10 Å². The number of benzene rings is 1. The van der Waals surface area contributed by atoms with Gasteiger partial charge in [0, 0.05) is 30.1 Å². The van der Waals surface area contributed by atoms with Crippen molar-refractivity contribution >= 4 is 17.5 Å². The molecule has 2 atom stereocenters. The SMILES string of the molecule is CO[C@H](c1ccc(Cl)cc1)[C@@H](C)NC(=O)c1ccncc1. The molecule has 0 bridgehead atoms. The van der Waals surface area contributed by atoms with Crippen molar-refractivity contribution in [3.8, 4) is 0 Å². The molecule has 0 saturated heterocycles. The fourth-order valence-electron chi connectivity index (χ4n) is 2.15.